The highest BCUT2D eigenvalue weighted by Gasteiger charge is 2.08. The van der Waals surface area contributed by atoms with E-state index >= 15 is 0 Å². The lowest BCUT2D eigenvalue weighted by Crippen LogP contribution is -2.29. The number of ether oxygens (including phenoxy) is 1. The third kappa shape index (κ3) is 4.11. The standard InChI is InChI=1S/C17H21NO/c1-18-16(12-14-6-4-3-5-7-14)13-15-8-10-17(19-2)11-9-15/h3-11,16,18H,12-13H2,1-2H3. The molecular weight excluding hydrogens is 234 g/mol. The molecule has 2 nitrogen and oxygen atoms in total. The minimum absolute atomic E-state index is 0.454. The Labute approximate surface area is 115 Å². The Kier molecular flexibility index (Phi) is 4.99. The van der Waals surface area contributed by atoms with E-state index in [1.54, 1.807) is 7.11 Å². The van der Waals surface area contributed by atoms with E-state index in [0.29, 0.717) is 6.04 Å². The Bertz CT molecular complexity index is 478. The molecule has 0 aromatic heterocycles. The first kappa shape index (κ1) is 13.6. The van der Waals surface area contributed by atoms with Crippen LogP contribution in [0.15, 0.2) is 54.6 Å². The summed E-state index contributed by atoms with van der Waals surface area (Å²) < 4.78 is 5.18. The summed E-state index contributed by atoms with van der Waals surface area (Å²) in [5.41, 5.74) is 2.70. The van der Waals surface area contributed by atoms with E-state index in [9.17, 15) is 0 Å². The summed E-state index contributed by atoms with van der Waals surface area (Å²) in [6, 6.07) is 19.4. The summed E-state index contributed by atoms with van der Waals surface area (Å²) in [5, 5.41) is 3.40. The molecular formula is C17H21NO. The number of nitrogens with one attached hydrogen (secondary N) is 1. The molecule has 19 heavy (non-hydrogen) atoms. The average molecular weight is 255 g/mol. The molecule has 1 unspecified atom stereocenters. The van der Waals surface area contributed by atoms with Gasteiger partial charge in [-0.15, -0.1) is 0 Å². The van der Waals surface area contributed by atoms with Crippen LogP contribution >= 0.6 is 0 Å². The maximum absolute atomic E-state index is 5.18. The van der Waals surface area contributed by atoms with Gasteiger partial charge in [0, 0.05) is 6.04 Å². The van der Waals surface area contributed by atoms with Gasteiger partial charge in [-0.25, -0.2) is 0 Å². The van der Waals surface area contributed by atoms with Gasteiger partial charge in [0.15, 0.2) is 0 Å². The SMILES string of the molecule is CNC(Cc1ccccc1)Cc1ccc(OC)cc1. The number of hydrogen-bond acceptors (Lipinski definition) is 2. The lowest BCUT2D eigenvalue weighted by Gasteiger charge is -2.16. The predicted molar refractivity (Wildman–Crippen MR) is 79.7 cm³/mol. The number of rotatable bonds is 6. The summed E-state index contributed by atoms with van der Waals surface area (Å²) in [6.45, 7) is 0. The fraction of sp³-hybridized carbons (Fsp3) is 0.294. The van der Waals surface area contributed by atoms with Gasteiger partial charge in [0.2, 0.25) is 0 Å². The molecule has 0 saturated carbocycles. The van der Waals surface area contributed by atoms with Crippen molar-refractivity contribution < 1.29 is 4.74 Å². The van der Waals surface area contributed by atoms with Crippen LogP contribution in [-0.2, 0) is 12.8 Å². The van der Waals surface area contributed by atoms with Crippen LogP contribution in [0, 0.1) is 0 Å². The van der Waals surface area contributed by atoms with Crippen LogP contribution in [-0.4, -0.2) is 20.2 Å². The van der Waals surface area contributed by atoms with Crippen molar-refractivity contribution in [2.75, 3.05) is 14.2 Å². The van der Waals surface area contributed by atoms with Crippen molar-refractivity contribution in [3.05, 3.63) is 65.7 Å². The van der Waals surface area contributed by atoms with Gasteiger partial charge in [0.25, 0.3) is 0 Å². The van der Waals surface area contributed by atoms with E-state index in [-0.39, 0.29) is 0 Å². The maximum atomic E-state index is 5.18. The van der Waals surface area contributed by atoms with Crippen LogP contribution in [0.2, 0.25) is 0 Å². The molecule has 2 aromatic carbocycles. The molecule has 2 aromatic rings. The van der Waals surface area contributed by atoms with Crippen molar-refractivity contribution in [1.82, 2.24) is 5.32 Å². The quantitative estimate of drug-likeness (QED) is 0.856. The molecule has 0 fully saturated rings. The molecule has 0 heterocycles. The minimum atomic E-state index is 0.454. The Balaban J connectivity index is 1.98. The lowest BCUT2D eigenvalue weighted by molar-refractivity contribution is 0.414. The molecule has 1 N–H and O–H groups in total. The van der Waals surface area contributed by atoms with Crippen LogP contribution in [0.5, 0.6) is 5.75 Å². The Morgan fingerprint density at radius 1 is 0.895 bits per heavy atom. The average Bonchev–Trinajstić information content (AvgIpc) is 2.48. The molecule has 0 saturated heterocycles. The van der Waals surface area contributed by atoms with Crippen LogP contribution in [0.4, 0.5) is 0 Å². The summed E-state index contributed by atoms with van der Waals surface area (Å²) >= 11 is 0. The molecule has 0 spiro atoms. The highest BCUT2D eigenvalue weighted by molar-refractivity contribution is 5.28. The van der Waals surface area contributed by atoms with Gasteiger partial charge in [-0.3, -0.25) is 0 Å². The van der Waals surface area contributed by atoms with Gasteiger partial charge in [0.05, 0.1) is 7.11 Å². The monoisotopic (exact) mass is 255 g/mol. The second-order valence-corrected chi connectivity index (χ2v) is 4.73. The fourth-order valence-corrected chi connectivity index (χ4v) is 2.22. The summed E-state index contributed by atoms with van der Waals surface area (Å²) in [6.07, 6.45) is 2.07. The highest BCUT2D eigenvalue weighted by Crippen LogP contribution is 2.14. The van der Waals surface area contributed by atoms with Gasteiger partial charge < -0.3 is 10.1 Å². The van der Waals surface area contributed by atoms with E-state index < -0.39 is 0 Å². The molecule has 0 bridgehead atoms. The van der Waals surface area contributed by atoms with Gasteiger partial charge in [-0.1, -0.05) is 42.5 Å². The first-order chi connectivity index (χ1) is 9.31. The third-order valence-electron chi connectivity index (χ3n) is 3.37. The fourth-order valence-electron chi connectivity index (χ4n) is 2.22. The first-order valence-electron chi connectivity index (χ1n) is 6.66. The van der Waals surface area contributed by atoms with Crippen molar-refractivity contribution >= 4 is 0 Å². The summed E-state index contributed by atoms with van der Waals surface area (Å²) in [7, 11) is 3.72. The second-order valence-electron chi connectivity index (χ2n) is 4.73. The zero-order valence-corrected chi connectivity index (χ0v) is 11.6. The molecule has 0 aliphatic heterocycles. The highest BCUT2D eigenvalue weighted by atomic mass is 16.5. The lowest BCUT2D eigenvalue weighted by atomic mass is 9.99. The molecule has 2 heteroatoms. The topological polar surface area (TPSA) is 21.3 Å². The number of likely N-dealkylation sites (N-methyl/N-ethyl adjacent to an activating group) is 1. The van der Waals surface area contributed by atoms with Crippen LogP contribution < -0.4 is 10.1 Å². The molecule has 100 valence electrons. The van der Waals surface area contributed by atoms with Crippen LogP contribution in [0.25, 0.3) is 0 Å². The van der Waals surface area contributed by atoms with E-state index in [1.165, 1.54) is 11.1 Å². The number of benzene rings is 2. The van der Waals surface area contributed by atoms with Gasteiger partial charge in [-0.2, -0.15) is 0 Å². The van der Waals surface area contributed by atoms with Gasteiger partial charge >= 0.3 is 0 Å². The summed E-state index contributed by atoms with van der Waals surface area (Å²) in [5.74, 6) is 0.910. The zero-order valence-electron chi connectivity index (χ0n) is 11.6. The normalized spacial score (nSPS) is 12.1. The van der Waals surface area contributed by atoms with E-state index in [0.717, 1.165) is 18.6 Å². The Hall–Kier alpha value is -1.80. The predicted octanol–water partition coefficient (Wildman–Crippen LogP) is 3.07. The number of hydrogen-bond donors (Lipinski definition) is 1. The van der Waals surface area contributed by atoms with E-state index in [4.69, 9.17) is 4.74 Å². The van der Waals surface area contributed by atoms with E-state index in [2.05, 4.69) is 47.8 Å². The second kappa shape index (κ2) is 6.95. The van der Waals surface area contributed by atoms with Crippen molar-refractivity contribution in [2.45, 2.75) is 18.9 Å². The molecule has 0 radical (unpaired) electrons. The Morgan fingerprint density at radius 3 is 2.00 bits per heavy atom. The van der Waals surface area contributed by atoms with Crippen LogP contribution in [0.3, 0.4) is 0 Å². The third-order valence-corrected chi connectivity index (χ3v) is 3.37. The molecule has 0 amide bonds. The number of methoxy groups -OCH3 is 1. The Morgan fingerprint density at radius 2 is 1.47 bits per heavy atom. The smallest absolute Gasteiger partial charge is 0.118 e. The molecule has 2 rings (SSSR count). The first-order valence-corrected chi connectivity index (χ1v) is 6.66. The van der Waals surface area contributed by atoms with E-state index in [1.807, 2.05) is 19.2 Å². The van der Waals surface area contributed by atoms with Crippen molar-refractivity contribution in [1.29, 1.82) is 0 Å². The maximum Gasteiger partial charge on any atom is 0.118 e. The van der Waals surface area contributed by atoms with Gasteiger partial charge in [0.1, 0.15) is 5.75 Å². The van der Waals surface area contributed by atoms with Crippen LogP contribution in [0.1, 0.15) is 11.1 Å². The van der Waals surface area contributed by atoms with Crippen molar-refractivity contribution in [2.24, 2.45) is 0 Å². The summed E-state index contributed by atoms with van der Waals surface area (Å²) in [4.78, 5) is 0. The van der Waals surface area contributed by atoms with Crippen molar-refractivity contribution in [3.63, 3.8) is 0 Å². The molecule has 0 aliphatic carbocycles. The molecule has 0 aliphatic rings. The largest absolute Gasteiger partial charge is 0.497 e. The van der Waals surface area contributed by atoms with Gasteiger partial charge in [-0.05, 0) is 43.1 Å². The minimum Gasteiger partial charge on any atom is -0.497 e. The molecule has 1 atom stereocenters. The zero-order chi connectivity index (χ0) is 13.5. The van der Waals surface area contributed by atoms with Crippen molar-refractivity contribution in [3.8, 4) is 5.75 Å².